The average Bonchev–Trinajstić information content (AvgIpc) is 3.45. The van der Waals surface area contributed by atoms with Crippen LogP contribution in [0.2, 0.25) is 15.1 Å². The van der Waals surface area contributed by atoms with E-state index in [0.29, 0.717) is 33.7 Å². The second kappa shape index (κ2) is 29.1. The fraction of sp³-hybridized carbons (Fsp3) is 0.0645. The van der Waals surface area contributed by atoms with Crippen LogP contribution in [-0.4, -0.2) is 59.6 Å². The summed E-state index contributed by atoms with van der Waals surface area (Å²) in [5.41, 5.74) is 9.80. The summed E-state index contributed by atoms with van der Waals surface area (Å²) in [5, 5.41) is 19.2. The topological polar surface area (TPSA) is 205 Å². The van der Waals surface area contributed by atoms with Crippen LogP contribution in [0.25, 0.3) is 56.3 Å². The molecule has 5 aromatic heterocycles. The molecule has 0 radical (unpaired) electrons. The summed E-state index contributed by atoms with van der Waals surface area (Å²) in [4.78, 5) is 74.4. The summed E-state index contributed by atoms with van der Waals surface area (Å²) in [6.45, 7) is 5.89. The number of aromatic nitrogens is 5. The third-order valence-corrected chi connectivity index (χ3v) is 11.3. The Bertz CT molecular complexity index is 3700. The number of carboxylic acid groups (broad SMARTS) is 2. The van der Waals surface area contributed by atoms with Crippen molar-refractivity contribution in [3.63, 3.8) is 0 Å². The van der Waals surface area contributed by atoms with E-state index in [1.54, 1.807) is 43.3 Å². The SMILES string of the molecule is CCOC(=O)c1cc(Cl)cc(-c2ccccc2)n1.Cc1cc(=O)cc(-c2ccccc2)[nH]1.Cc1cc(Cl)cc(-c2ccccc2)n1.O=C(O)c1cc(=O)cc(-c2ccccc2)[nH]1.O=C(O)c1cc(Cl)cc(-c2ccccc2)n1. The van der Waals surface area contributed by atoms with Crippen LogP contribution in [0.15, 0.2) is 222 Å². The average molecular weight is 1100 g/mol. The lowest BCUT2D eigenvalue weighted by molar-refractivity contribution is 0.0518. The van der Waals surface area contributed by atoms with Crippen molar-refractivity contribution < 1.29 is 29.3 Å². The zero-order chi connectivity index (χ0) is 56.0. The molecule has 13 nitrogen and oxygen atoms in total. The predicted octanol–water partition coefficient (Wildman–Crippen LogP) is 14.5. The molecular formula is C62H50Cl3N5O8. The number of esters is 1. The van der Waals surface area contributed by atoms with Gasteiger partial charge in [0.1, 0.15) is 11.4 Å². The van der Waals surface area contributed by atoms with Gasteiger partial charge in [0.2, 0.25) is 0 Å². The van der Waals surface area contributed by atoms with Gasteiger partial charge in [0.25, 0.3) is 0 Å². The molecule has 5 aromatic carbocycles. The number of aromatic carboxylic acids is 2. The van der Waals surface area contributed by atoms with Crippen molar-refractivity contribution >= 4 is 52.7 Å². The first-order valence-electron chi connectivity index (χ1n) is 23.9. The Morgan fingerprint density at radius 2 is 0.821 bits per heavy atom. The van der Waals surface area contributed by atoms with Crippen LogP contribution in [0.3, 0.4) is 0 Å². The van der Waals surface area contributed by atoms with Crippen molar-refractivity contribution in [2.75, 3.05) is 6.61 Å². The van der Waals surface area contributed by atoms with E-state index in [4.69, 9.17) is 49.8 Å². The lowest BCUT2D eigenvalue weighted by atomic mass is 10.1. The van der Waals surface area contributed by atoms with E-state index in [1.807, 2.05) is 166 Å². The number of pyridine rings is 5. The summed E-state index contributed by atoms with van der Waals surface area (Å²) in [6, 6.07) is 63.4. The number of aromatic amines is 2. The fourth-order valence-electron chi connectivity index (χ4n) is 7.20. The Kier molecular flexibility index (Phi) is 21.7. The van der Waals surface area contributed by atoms with E-state index in [0.717, 1.165) is 61.7 Å². The molecule has 0 unspecified atom stereocenters. The largest absolute Gasteiger partial charge is 0.477 e. The molecule has 0 amide bonds. The zero-order valence-corrected chi connectivity index (χ0v) is 44.5. The molecule has 0 spiro atoms. The lowest BCUT2D eigenvalue weighted by Crippen LogP contribution is -2.08. The molecule has 0 saturated heterocycles. The van der Waals surface area contributed by atoms with Crippen LogP contribution >= 0.6 is 34.8 Å². The number of carbonyl (C=O) groups is 3. The number of halogens is 3. The van der Waals surface area contributed by atoms with Crippen molar-refractivity contribution in [3.8, 4) is 56.3 Å². The predicted molar refractivity (Wildman–Crippen MR) is 308 cm³/mol. The van der Waals surface area contributed by atoms with Crippen LogP contribution in [0.1, 0.15) is 49.8 Å². The van der Waals surface area contributed by atoms with Gasteiger partial charge in [-0.2, -0.15) is 0 Å². The van der Waals surface area contributed by atoms with Gasteiger partial charge in [0.15, 0.2) is 16.6 Å². The van der Waals surface area contributed by atoms with Gasteiger partial charge in [-0.1, -0.05) is 186 Å². The highest BCUT2D eigenvalue weighted by Gasteiger charge is 2.13. The number of ether oxygens (including phenoxy) is 1. The summed E-state index contributed by atoms with van der Waals surface area (Å²) in [7, 11) is 0. The van der Waals surface area contributed by atoms with E-state index in [2.05, 4.69) is 24.9 Å². The fourth-order valence-corrected chi connectivity index (χ4v) is 7.87. The number of H-pyrrole nitrogens is 2. The van der Waals surface area contributed by atoms with Gasteiger partial charge in [-0.3, -0.25) is 14.6 Å². The Balaban J connectivity index is 0.000000158. The van der Waals surface area contributed by atoms with Gasteiger partial charge < -0.3 is 24.9 Å². The van der Waals surface area contributed by atoms with Crippen LogP contribution in [0.4, 0.5) is 0 Å². The molecule has 0 bridgehead atoms. The molecule has 16 heteroatoms. The number of carboxylic acids is 2. The standard InChI is InChI=1S/C14H12ClNO2.C12H8ClNO2.C12H10ClN.C12H9NO3.C12H11NO/c1-2-18-14(17)13-9-11(15)8-12(16-13)10-6-4-3-5-7-10;13-9-6-10(8-4-2-1-3-5-8)14-11(7-9)12(15)16;1-9-7-11(13)8-12(14-9)10-5-3-2-4-6-10;14-9-6-10(8-4-2-1-3-5-8)13-11(7-9)12(15)16;1-9-7-11(14)8-12(13-9)10-5-3-2-4-6-10/h3-9H,2H2,1H3;1-7H,(H,15,16);2-8H,1H3;1-7H,(H,13,14)(H,15,16);2-8H,1H3,(H,13,14). The Hall–Kier alpha value is -9.27. The molecule has 0 saturated carbocycles. The van der Waals surface area contributed by atoms with Crippen molar-refractivity contribution in [3.05, 3.63) is 276 Å². The monoisotopic (exact) mass is 1100 g/mol. The molecule has 10 rings (SSSR count). The number of carbonyl (C=O) groups excluding carboxylic acids is 1. The highest BCUT2D eigenvalue weighted by molar-refractivity contribution is 6.31. The second-order valence-corrected chi connectivity index (χ2v) is 18.0. The second-order valence-electron chi connectivity index (χ2n) is 16.6. The maximum Gasteiger partial charge on any atom is 0.356 e. The summed E-state index contributed by atoms with van der Waals surface area (Å²) in [5.74, 6) is -2.69. The summed E-state index contributed by atoms with van der Waals surface area (Å²) in [6.07, 6.45) is 0. The molecule has 0 aliphatic heterocycles. The van der Waals surface area contributed by atoms with Gasteiger partial charge in [-0.15, -0.1) is 0 Å². The third kappa shape index (κ3) is 18.2. The number of benzene rings is 5. The number of nitrogens with one attached hydrogen (secondary N) is 2. The highest BCUT2D eigenvalue weighted by Crippen LogP contribution is 2.24. The van der Waals surface area contributed by atoms with E-state index in [9.17, 15) is 24.0 Å². The first-order valence-corrected chi connectivity index (χ1v) is 25.0. The highest BCUT2D eigenvalue weighted by atomic mass is 35.5. The number of nitrogens with zero attached hydrogens (tertiary/aromatic N) is 3. The normalized spacial score (nSPS) is 10.1. The maximum absolute atomic E-state index is 11.6. The molecule has 4 N–H and O–H groups in total. The first-order chi connectivity index (χ1) is 37.5. The molecule has 5 heterocycles. The minimum Gasteiger partial charge on any atom is -0.477 e. The van der Waals surface area contributed by atoms with Crippen LogP contribution < -0.4 is 10.9 Å². The lowest BCUT2D eigenvalue weighted by Gasteiger charge is -2.05. The minimum absolute atomic E-state index is 0.0418. The number of aryl methyl sites for hydroxylation is 2. The van der Waals surface area contributed by atoms with Gasteiger partial charge in [0.05, 0.1) is 23.7 Å². The number of hydrogen-bond donors (Lipinski definition) is 4. The van der Waals surface area contributed by atoms with Crippen LogP contribution in [0.5, 0.6) is 0 Å². The Morgan fingerprint density at radius 1 is 0.449 bits per heavy atom. The molecule has 0 aliphatic rings. The maximum atomic E-state index is 11.6. The van der Waals surface area contributed by atoms with Gasteiger partial charge in [-0.25, -0.2) is 24.4 Å². The molecule has 392 valence electrons. The molecule has 78 heavy (non-hydrogen) atoms. The van der Waals surface area contributed by atoms with Crippen molar-refractivity contribution in [2.24, 2.45) is 0 Å². The number of hydrogen-bond acceptors (Lipinski definition) is 9. The van der Waals surface area contributed by atoms with E-state index in [-0.39, 0.29) is 27.9 Å². The summed E-state index contributed by atoms with van der Waals surface area (Å²) >= 11 is 17.8. The van der Waals surface area contributed by atoms with E-state index >= 15 is 0 Å². The van der Waals surface area contributed by atoms with Gasteiger partial charge in [0, 0.05) is 78.8 Å². The molecule has 0 fully saturated rings. The molecule has 0 aliphatic carbocycles. The Morgan fingerprint density at radius 3 is 1.22 bits per heavy atom. The van der Waals surface area contributed by atoms with Crippen molar-refractivity contribution in [2.45, 2.75) is 20.8 Å². The van der Waals surface area contributed by atoms with Gasteiger partial charge in [-0.05, 0) is 68.3 Å². The quantitative estimate of drug-likeness (QED) is 0.100. The smallest absolute Gasteiger partial charge is 0.356 e. The van der Waals surface area contributed by atoms with Crippen LogP contribution in [0, 0.1) is 13.8 Å². The van der Waals surface area contributed by atoms with Crippen molar-refractivity contribution in [1.82, 2.24) is 24.9 Å². The first kappa shape index (κ1) is 58.0. The van der Waals surface area contributed by atoms with E-state index in [1.165, 1.54) is 18.2 Å². The molecule has 0 atom stereocenters. The van der Waals surface area contributed by atoms with Crippen molar-refractivity contribution in [1.29, 1.82) is 0 Å². The number of rotatable bonds is 9. The molecular weight excluding hydrogens is 1050 g/mol. The third-order valence-electron chi connectivity index (χ3n) is 10.6. The van der Waals surface area contributed by atoms with Crippen LogP contribution in [-0.2, 0) is 4.74 Å². The Labute approximate surface area is 464 Å². The zero-order valence-electron chi connectivity index (χ0n) is 42.2. The van der Waals surface area contributed by atoms with Gasteiger partial charge >= 0.3 is 17.9 Å². The molecule has 10 aromatic rings. The minimum atomic E-state index is -1.14. The summed E-state index contributed by atoms with van der Waals surface area (Å²) < 4.78 is 4.91. The van der Waals surface area contributed by atoms with E-state index < -0.39 is 17.9 Å².